The molecule has 1 aromatic carbocycles. The Hall–Kier alpha value is -0.720. The van der Waals surface area contributed by atoms with Crippen molar-refractivity contribution >= 4 is 33.7 Å². The van der Waals surface area contributed by atoms with Crippen LogP contribution in [0.4, 0.5) is 0 Å². The number of likely N-dealkylation sites (tertiary alicyclic amines) is 1. The van der Waals surface area contributed by atoms with Crippen molar-refractivity contribution in [2.75, 3.05) is 38.7 Å². The van der Waals surface area contributed by atoms with Gasteiger partial charge in [-0.15, -0.1) is 0 Å². The van der Waals surface area contributed by atoms with Crippen LogP contribution in [0.5, 0.6) is 0 Å². The van der Waals surface area contributed by atoms with Gasteiger partial charge >= 0.3 is 0 Å². The highest BCUT2D eigenvalue weighted by Gasteiger charge is 2.19. The number of rotatable bonds is 6. The number of piperidine rings is 1. The van der Waals surface area contributed by atoms with Crippen molar-refractivity contribution in [3.05, 3.63) is 34.3 Å². The van der Waals surface area contributed by atoms with E-state index in [0.29, 0.717) is 6.04 Å². The zero-order valence-corrected chi connectivity index (χ0v) is 16.4. The van der Waals surface area contributed by atoms with E-state index in [1.165, 1.54) is 18.4 Å². The van der Waals surface area contributed by atoms with E-state index in [1.54, 1.807) is 0 Å². The van der Waals surface area contributed by atoms with E-state index in [9.17, 15) is 0 Å². The summed E-state index contributed by atoms with van der Waals surface area (Å²) in [6.45, 7) is 4.27. The minimum Gasteiger partial charge on any atom is -0.356 e. The number of aliphatic imine (C=N–C) groups is 1. The third-order valence-electron chi connectivity index (χ3n) is 4.07. The van der Waals surface area contributed by atoms with E-state index < -0.39 is 0 Å². The summed E-state index contributed by atoms with van der Waals surface area (Å²) in [7, 11) is 1.84. The van der Waals surface area contributed by atoms with Gasteiger partial charge in [-0.3, -0.25) is 9.89 Å². The Morgan fingerprint density at radius 1 is 1.30 bits per heavy atom. The van der Waals surface area contributed by atoms with Gasteiger partial charge in [0.2, 0.25) is 0 Å². The predicted octanol–water partition coefficient (Wildman–Crippen LogP) is 2.94. The smallest absolute Gasteiger partial charge is 0.191 e. The lowest BCUT2D eigenvalue weighted by Crippen LogP contribution is -2.48. The van der Waals surface area contributed by atoms with Crippen LogP contribution in [0.1, 0.15) is 18.4 Å². The first-order chi connectivity index (χ1) is 11.2. The van der Waals surface area contributed by atoms with Crippen LogP contribution < -0.4 is 10.6 Å². The van der Waals surface area contributed by atoms with Gasteiger partial charge in [-0.2, -0.15) is 11.8 Å². The number of hydrogen-bond acceptors (Lipinski definition) is 3. The highest BCUT2D eigenvalue weighted by atomic mass is 79.9. The monoisotopic (exact) mass is 398 g/mol. The molecule has 0 saturated carbocycles. The molecule has 6 heteroatoms. The third kappa shape index (κ3) is 6.73. The molecule has 1 aliphatic rings. The average Bonchev–Trinajstić information content (AvgIpc) is 2.58. The van der Waals surface area contributed by atoms with Gasteiger partial charge in [0.15, 0.2) is 5.96 Å². The van der Waals surface area contributed by atoms with Crippen LogP contribution in [0.2, 0.25) is 0 Å². The molecule has 1 fully saturated rings. The van der Waals surface area contributed by atoms with Crippen molar-refractivity contribution in [2.45, 2.75) is 25.4 Å². The molecule has 1 heterocycles. The maximum atomic E-state index is 4.32. The van der Waals surface area contributed by atoms with Crippen molar-refractivity contribution in [3.8, 4) is 0 Å². The van der Waals surface area contributed by atoms with Crippen LogP contribution in [-0.4, -0.2) is 55.6 Å². The third-order valence-corrected chi connectivity index (χ3v) is 5.21. The lowest BCUT2D eigenvalue weighted by molar-refractivity contribution is 0.198. The summed E-state index contributed by atoms with van der Waals surface area (Å²) < 4.78 is 1.14. The van der Waals surface area contributed by atoms with Crippen LogP contribution in [0, 0.1) is 0 Å². The summed E-state index contributed by atoms with van der Waals surface area (Å²) in [4.78, 5) is 6.85. The first-order valence-corrected chi connectivity index (χ1v) is 10.3. The first kappa shape index (κ1) is 18.6. The molecule has 1 saturated heterocycles. The molecule has 0 aliphatic carbocycles. The van der Waals surface area contributed by atoms with E-state index in [4.69, 9.17) is 0 Å². The number of nitrogens with one attached hydrogen (secondary N) is 2. The van der Waals surface area contributed by atoms with Crippen LogP contribution >= 0.6 is 27.7 Å². The molecule has 0 atom stereocenters. The molecule has 0 unspecified atom stereocenters. The average molecular weight is 399 g/mol. The Morgan fingerprint density at radius 2 is 2.00 bits per heavy atom. The Balaban J connectivity index is 1.71. The number of guanidine groups is 1. The molecule has 0 aromatic heterocycles. The SMILES string of the molecule is CN=C(NCCSC)NC1CCN(Cc2ccc(Br)cc2)CC1. The van der Waals surface area contributed by atoms with Crippen molar-refractivity contribution < 1.29 is 0 Å². The van der Waals surface area contributed by atoms with Crippen LogP contribution in [0.3, 0.4) is 0 Å². The topological polar surface area (TPSA) is 39.7 Å². The van der Waals surface area contributed by atoms with Crippen LogP contribution in [-0.2, 0) is 6.54 Å². The highest BCUT2D eigenvalue weighted by molar-refractivity contribution is 9.10. The summed E-state index contributed by atoms with van der Waals surface area (Å²) in [5.41, 5.74) is 1.38. The molecule has 23 heavy (non-hydrogen) atoms. The van der Waals surface area contributed by atoms with E-state index in [0.717, 1.165) is 42.4 Å². The lowest BCUT2D eigenvalue weighted by Gasteiger charge is -2.33. The van der Waals surface area contributed by atoms with E-state index in [2.05, 4.69) is 67.0 Å². The number of halogens is 1. The normalized spacial score (nSPS) is 17.3. The minimum atomic E-state index is 0.525. The molecule has 4 nitrogen and oxygen atoms in total. The van der Waals surface area contributed by atoms with Gasteiger partial charge in [-0.1, -0.05) is 28.1 Å². The fraction of sp³-hybridized carbons (Fsp3) is 0.588. The molecule has 2 rings (SSSR count). The first-order valence-electron chi connectivity index (χ1n) is 8.14. The van der Waals surface area contributed by atoms with Gasteiger partial charge in [0.1, 0.15) is 0 Å². The van der Waals surface area contributed by atoms with E-state index in [1.807, 2.05) is 18.8 Å². The molecule has 2 N–H and O–H groups in total. The minimum absolute atomic E-state index is 0.525. The Morgan fingerprint density at radius 3 is 2.61 bits per heavy atom. The lowest BCUT2D eigenvalue weighted by atomic mass is 10.0. The number of nitrogens with zero attached hydrogens (tertiary/aromatic N) is 2. The standard InChI is InChI=1S/C17H27BrN4S/c1-19-17(20-9-12-23-2)21-16-7-10-22(11-8-16)13-14-3-5-15(18)6-4-14/h3-6,16H,7-13H2,1-2H3,(H2,19,20,21). The Kier molecular flexibility index (Phi) is 8.26. The zero-order chi connectivity index (χ0) is 16.5. The Bertz CT molecular complexity index is 484. The molecule has 0 bridgehead atoms. The fourth-order valence-electron chi connectivity index (χ4n) is 2.74. The quantitative estimate of drug-likeness (QED) is 0.438. The summed E-state index contributed by atoms with van der Waals surface area (Å²) in [5.74, 6) is 2.04. The highest BCUT2D eigenvalue weighted by Crippen LogP contribution is 2.16. The predicted molar refractivity (Wildman–Crippen MR) is 105 cm³/mol. The second-order valence-electron chi connectivity index (χ2n) is 5.81. The molecule has 0 amide bonds. The molecule has 0 spiro atoms. The van der Waals surface area contributed by atoms with E-state index in [-0.39, 0.29) is 0 Å². The largest absolute Gasteiger partial charge is 0.356 e. The zero-order valence-electron chi connectivity index (χ0n) is 14.0. The van der Waals surface area contributed by atoms with Crippen molar-refractivity contribution in [1.82, 2.24) is 15.5 Å². The van der Waals surface area contributed by atoms with Crippen molar-refractivity contribution in [1.29, 1.82) is 0 Å². The van der Waals surface area contributed by atoms with Crippen molar-refractivity contribution in [2.24, 2.45) is 4.99 Å². The molecular weight excluding hydrogens is 372 g/mol. The summed E-state index contributed by atoms with van der Waals surface area (Å²) in [6.07, 6.45) is 4.46. The molecular formula is C17H27BrN4S. The van der Waals surface area contributed by atoms with Gasteiger partial charge in [0.05, 0.1) is 0 Å². The summed E-state index contributed by atoms with van der Waals surface area (Å²) in [5, 5.41) is 6.93. The van der Waals surface area contributed by atoms with Crippen molar-refractivity contribution in [3.63, 3.8) is 0 Å². The van der Waals surface area contributed by atoms with Crippen LogP contribution in [0.15, 0.2) is 33.7 Å². The maximum absolute atomic E-state index is 4.32. The van der Waals surface area contributed by atoms with Gasteiger partial charge in [0, 0.05) is 49.5 Å². The Labute approximate surface area is 152 Å². The maximum Gasteiger partial charge on any atom is 0.191 e. The second kappa shape index (κ2) is 10.2. The fourth-order valence-corrected chi connectivity index (χ4v) is 3.31. The van der Waals surface area contributed by atoms with Gasteiger partial charge in [-0.05, 0) is 36.8 Å². The number of hydrogen-bond donors (Lipinski definition) is 2. The summed E-state index contributed by atoms with van der Waals surface area (Å²) in [6, 6.07) is 9.16. The second-order valence-corrected chi connectivity index (χ2v) is 7.71. The van der Waals surface area contributed by atoms with Gasteiger partial charge < -0.3 is 10.6 Å². The van der Waals surface area contributed by atoms with E-state index >= 15 is 0 Å². The number of thioether (sulfide) groups is 1. The molecule has 1 aliphatic heterocycles. The van der Waals surface area contributed by atoms with Gasteiger partial charge in [-0.25, -0.2) is 0 Å². The molecule has 0 radical (unpaired) electrons. The van der Waals surface area contributed by atoms with Crippen LogP contribution in [0.25, 0.3) is 0 Å². The molecule has 1 aromatic rings. The molecule has 128 valence electrons. The summed E-state index contributed by atoms with van der Waals surface area (Å²) >= 11 is 5.34. The number of benzene rings is 1. The van der Waals surface area contributed by atoms with Gasteiger partial charge in [0.25, 0.3) is 0 Å².